The molecule has 0 spiro atoms. The lowest BCUT2D eigenvalue weighted by Gasteiger charge is -2.31. The number of hydrogen-bond donors (Lipinski definition) is 0. The summed E-state index contributed by atoms with van der Waals surface area (Å²) >= 11 is 0. The van der Waals surface area contributed by atoms with Crippen molar-refractivity contribution in [2.45, 2.75) is 37.8 Å². The van der Waals surface area contributed by atoms with E-state index in [0.717, 1.165) is 37.0 Å². The SMILES string of the molecule is CN([C@H]1CCc2ccccc21)S(=O)(=O)N1CCC[C@@H]1c1ccco1. The van der Waals surface area contributed by atoms with E-state index in [-0.39, 0.29) is 12.1 Å². The summed E-state index contributed by atoms with van der Waals surface area (Å²) in [5, 5.41) is 0. The van der Waals surface area contributed by atoms with Crippen LogP contribution < -0.4 is 0 Å². The van der Waals surface area contributed by atoms with Gasteiger partial charge in [-0.05, 0) is 48.9 Å². The molecule has 2 aromatic rings. The zero-order chi connectivity index (χ0) is 16.7. The first-order chi connectivity index (χ1) is 11.6. The first-order valence-corrected chi connectivity index (χ1v) is 9.85. The van der Waals surface area contributed by atoms with Gasteiger partial charge < -0.3 is 4.42 Å². The van der Waals surface area contributed by atoms with Gasteiger partial charge in [-0.1, -0.05) is 24.3 Å². The molecule has 1 fully saturated rings. The summed E-state index contributed by atoms with van der Waals surface area (Å²) in [5.41, 5.74) is 2.39. The van der Waals surface area contributed by atoms with Crippen LogP contribution in [0.4, 0.5) is 0 Å². The topological polar surface area (TPSA) is 53.8 Å². The van der Waals surface area contributed by atoms with Crippen LogP contribution in [-0.4, -0.2) is 30.6 Å². The van der Waals surface area contributed by atoms with Crippen molar-refractivity contribution < 1.29 is 12.8 Å². The van der Waals surface area contributed by atoms with Gasteiger partial charge in [0.1, 0.15) is 5.76 Å². The fourth-order valence-corrected chi connectivity index (χ4v) is 5.78. The minimum Gasteiger partial charge on any atom is -0.468 e. The van der Waals surface area contributed by atoms with Gasteiger partial charge in [0.05, 0.1) is 18.3 Å². The molecule has 0 bridgehead atoms. The third-order valence-electron chi connectivity index (χ3n) is 5.28. The quantitative estimate of drug-likeness (QED) is 0.854. The molecule has 0 amide bonds. The molecule has 1 aromatic heterocycles. The standard InChI is InChI=1S/C18H22N2O3S/c1-19(16-11-10-14-6-2-3-7-15(14)16)24(21,22)20-12-4-8-17(20)18-9-5-13-23-18/h2-3,5-7,9,13,16-17H,4,8,10-12H2,1H3/t16-,17+/m0/s1. The zero-order valence-electron chi connectivity index (χ0n) is 13.8. The molecular formula is C18H22N2O3S. The molecule has 4 rings (SSSR count). The van der Waals surface area contributed by atoms with Crippen LogP contribution in [0.15, 0.2) is 47.1 Å². The molecular weight excluding hydrogens is 324 g/mol. The lowest BCUT2D eigenvalue weighted by molar-refractivity contribution is 0.289. The van der Waals surface area contributed by atoms with Crippen LogP contribution in [0.25, 0.3) is 0 Å². The van der Waals surface area contributed by atoms with Gasteiger partial charge in [0.2, 0.25) is 0 Å². The summed E-state index contributed by atoms with van der Waals surface area (Å²) in [6.45, 7) is 0.548. The molecule has 0 N–H and O–H groups in total. The van der Waals surface area contributed by atoms with Crippen molar-refractivity contribution in [2.75, 3.05) is 13.6 Å². The average Bonchev–Trinajstić information content (AvgIpc) is 3.31. The van der Waals surface area contributed by atoms with Crippen LogP contribution in [0.1, 0.15) is 48.2 Å². The summed E-state index contributed by atoms with van der Waals surface area (Å²) in [6, 6.07) is 11.6. The maximum Gasteiger partial charge on any atom is 0.282 e. The molecule has 1 aliphatic heterocycles. The third kappa shape index (κ3) is 2.49. The van der Waals surface area contributed by atoms with Gasteiger partial charge in [-0.25, -0.2) is 0 Å². The molecule has 2 atom stereocenters. The van der Waals surface area contributed by atoms with Gasteiger partial charge >= 0.3 is 0 Å². The van der Waals surface area contributed by atoms with E-state index in [4.69, 9.17) is 4.42 Å². The summed E-state index contributed by atoms with van der Waals surface area (Å²) in [4.78, 5) is 0. The van der Waals surface area contributed by atoms with E-state index < -0.39 is 10.2 Å². The number of fused-ring (bicyclic) bond motifs is 1. The molecule has 2 aliphatic rings. The Morgan fingerprint density at radius 3 is 2.79 bits per heavy atom. The molecule has 6 heteroatoms. The van der Waals surface area contributed by atoms with Gasteiger partial charge in [-0.3, -0.25) is 0 Å². The fraction of sp³-hybridized carbons (Fsp3) is 0.444. The largest absolute Gasteiger partial charge is 0.468 e. The predicted octanol–water partition coefficient (Wildman–Crippen LogP) is 3.28. The number of rotatable bonds is 4. The van der Waals surface area contributed by atoms with E-state index in [2.05, 4.69) is 6.07 Å². The van der Waals surface area contributed by atoms with Crippen LogP contribution in [0.3, 0.4) is 0 Å². The second-order valence-electron chi connectivity index (χ2n) is 6.56. The highest BCUT2D eigenvalue weighted by molar-refractivity contribution is 7.86. The van der Waals surface area contributed by atoms with Crippen LogP contribution in [0.5, 0.6) is 0 Å². The molecule has 5 nitrogen and oxygen atoms in total. The minimum absolute atomic E-state index is 0.0796. The predicted molar refractivity (Wildman–Crippen MR) is 91.6 cm³/mol. The monoisotopic (exact) mass is 346 g/mol. The molecule has 24 heavy (non-hydrogen) atoms. The Morgan fingerprint density at radius 1 is 1.17 bits per heavy atom. The van der Waals surface area contributed by atoms with E-state index in [1.165, 1.54) is 5.56 Å². The van der Waals surface area contributed by atoms with Crippen molar-refractivity contribution in [3.8, 4) is 0 Å². The number of nitrogens with zero attached hydrogens (tertiary/aromatic N) is 2. The summed E-state index contributed by atoms with van der Waals surface area (Å²) in [6.07, 6.45) is 5.05. The van der Waals surface area contributed by atoms with Crippen molar-refractivity contribution in [3.63, 3.8) is 0 Å². The van der Waals surface area contributed by atoms with Crippen LogP contribution >= 0.6 is 0 Å². The Kier molecular flexibility index (Phi) is 3.98. The van der Waals surface area contributed by atoms with Crippen LogP contribution in [0, 0.1) is 0 Å². The lowest BCUT2D eigenvalue weighted by Crippen LogP contribution is -2.42. The normalized spacial score (nSPS) is 24.6. The first kappa shape index (κ1) is 15.9. The van der Waals surface area contributed by atoms with Crippen LogP contribution in [-0.2, 0) is 16.6 Å². The van der Waals surface area contributed by atoms with Crippen molar-refractivity contribution >= 4 is 10.2 Å². The number of hydrogen-bond acceptors (Lipinski definition) is 3. The van der Waals surface area contributed by atoms with E-state index >= 15 is 0 Å². The summed E-state index contributed by atoms with van der Waals surface area (Å²) < 4.78 is 35.1. The van der Waals surface area contributed by atoms with Crippen molar-refractivity contribution in [3.05, 3.63) is 59.5 Å². The maximum absolute atomic E-state index is 13.2. The highest BCUT2D eigenvalue weighted by Crippen LogP contribution is 2.40. The molecule has 0 radical (unpaired) electrons. The van der Waals surface area contributed by atoms with Crippen molar-refractivity contribution in [1.29, 1.82) is 0 Å². The third-order valence-corrected chi connectivity index (χ3v) is 7.29. The molecule has 1 aromatic carbocycles. The Bertz CT molecular complexity index is 817. The summed E-state index contributed by atoms with van der Waals surface area (Å²) in [5.74, 6) is 0.733. The second-order valence-corrected chi connectivity index (χ2v) is 8.50. The number of aryl methyl sites for hydroxylation is 1. The smallest absolute Gasteiger partial charge is 0.282 e. The van der Waals surface area contributed by atoms with Crippen molar-refractivity contribution in [2.24, 2.45) is 0 Å². The van der Waals surface area contributed by atoms with Gasteiger partial charge in [-0.2, -0.15) is 17.0 Å². The first-order valence-electron chi connectivity index (χ1n) is 8.45. The highest BCUT2D eigenvalue weighted by Gasteiger charge is 2.42. The minimum atomic E-state index is -3.53. The van der Waals surface area contributed by atoms with E-state index in [9.17, 15) is 8.42 Å². The van der Waals surface area contributed by atoms with Gasteiger partial charge in [0, 0.05) is 13.6 Å². The van der Waals surface area contributed by atoms with E-state index in [1.807, 2.05) is 30.3 Å². The van der Waals surface area contributed by atoms with Crippen LogP contribution in [0.2, 0.25) is 0 Å². The number of benzene rings is 1. The van der Waals surface area contributed by atoms with E-state index in [1.54, 1.807) is 21.9 Å². The Hall–Kier alpha value is -1.63. The second kappa shape index (κ2) is 6.02. The molecule has 0 unspecified atom stereocenters. The highest BCUT2D eigenvalue weighted by atomic mass is 32.2. The Labute approximate surface area is 143 Å². The van der Waals surface area contributed by atoms with Gasteiger partial charge in [0.25, 0.3) is 10.2 Å². The zero-order valence-corrected chi connectivity index (χ0v) is 14.6. The van der Waals surface area contributed by atoms with Gasteiger partial charge in [-0.15, -0.1) is 0 Å². The Morgan fingerprint density at radius 2 is 2.00 bits per heavy atom. The molecule has 1 aliphatic carbocycles. The van der Waals surface area contributed by atoms with Gasteiger partial charge in [0.15, 0.2) is 0 Å². The van der Waals surface area contributed by atoms with Crippen molar-refractivity contribution in [1.82, 2.24) is 8.61 Å². The van der Waals surface area contributed by atoms with E-state index in [0.29, 0.717) is 6.54 Å². The summed E-state index contributed by atoms with van der Waals surface area (Å²) in [7, 11) is -1.83. The average molecular weight is 346 g/mol. The Balaban J connectivity index is 1.63. The number of furan rings is 1. The molecule has 2 heterocycles. The maximum atomic E-state index is 13.2. The fourth-order valence-electron chi connectivity index (χ4n) is 4.02. The molecule has 0 saturated carbocycles. The molecule has 128 valence electrons. The lowest BCUT2D eigenvalue weighted by atomic mass is 10.1. The molecule has 1 saturated heterocycles.